The van der Waals surface area contributed by atoms with E-state index >= 15 is 0 Å². The van der Waals surface area contributed by atoms with E-state index in [1.165, 1.54) is 0 Å². The van der Waals surface area contributed by atoms with E-state index in [0.717, 1.165) is 63.5 Å². The Morgan fingerprint density at radius 1 is 0.972 bits per heavy atom. The molecule has 0 N–H and O–H groups in total. The summed E-state index contributed by atoms with van der Waals surface area (Å²) in [6, 6.07) is 4.04. The van der Waals surface area contributed by atoms with E-state index < -0.39 is 5.60 Å². The highest BCUT2D eigenvalue weighted by molar-refractivity contribution is 5.93. The lowest BCUT2D eigenvalue weighted by Crippen LogP contribution is -2.45. The molecule has 0 radical (unpaired) electrons. The molecule has 0 saturated carbocycles. The third-order valence-electron chi connectivity index (χ3n) is 7.19. The monoisotopic (exact) mass is 502 g/mol. The van der Waals surface area contributed by atoms with Crippen molar-refractivity contribution in [2.45, 2.75) is 58.5 Å². The molecule has 0 aliphatic carbocycles. The van der Waals surface area contributed by atoms with E-state index in [0.29, 0.717) is 51.1 Å². The van der Waals surface area contributed by atoms with Crippen LogP contribution in [0.1, 0.15) is 52.9 Å². The van der Waals surface area contributed by atoms with Crippen LogP contribution < -0.4 is 9.80 Å². The summed E-state index contributed by atoms with van der Waals surface area (Å²) >= 11 is 0. The van der Waals surface area contributed by atoms with E-state index in [9.17, 15) is 9.59 Å². The van der Waals surface area contributed by atoms with Crippen molar-refractivity contribution in [2.75, 3.05) is 69.0 Å². The van der Waals surface area contributed by atoms with Crippen LogP contribution in [0.2, 0.25) is 0 Å². The lowest BCUT2D eigenvalue weighted by molar-refractivity contribution is -0.120. The molecule has 4 heterocycles. The fourth-order valence-electron chi connectivity index (χ4n) is 5.06. The molecule has 3 fully saturated rings. The van der Waals surface area contributed by atoms with Gasteiger partial charge < -0.3 is 28.9 Å². The fourth-order valence-corrected chi connectivity index (χ4v) is 5.06. The number of pyridine rings is 1. The van der Waals surface area contributed by atoms with Gasteiger partial charge in [-0.15, -0.1) is 0 Å². The van der Waals surface area contributed by atoms with Gasteiger partial charge in [0.25, 0.3) is 0 Å². The largest absolute Gasteiger partial charge is 0.444 e. The molecule has 0 spiro atoms. The van der Waals surface area contributed by atoms with Crippen molar-refractivity contribution in [1.29, 1.82) is 0 Å². The Bertz CT molecular complexity index is 852. The SMILES string of the molecule is CC(C)(C)OC(=O)N1CCC(CN(C(=O)CC2CCOCC2)c2ccc(N3CCOCC3)nc2)CC1. The molecule has 3 aliphatic heterocycles. The van der Waals surface area contributed by atoms with Gasteiger partial charge in [-0.3, -0.25) is 4.79 Å². The first-order valence-corrected chi connectivity index (χ1v) is 13.4. The predicted octanol–water partition coefficient (Wildman–Crippen LogP) is 3.72. The van der Waals surface area contributed by atoms with Crippen LogP contribution in [0.4, 0.5) is 16.3 Å². The molecule has 0 aromatic carbocycles. The minimum atomic E-state index is -0.498. The second-order valence-electron chi connectivity index (χ2n) is 11.1. The lowest BCUT2D eigenvalue weighted by Gasteiger charge is -2.36. The number of likely N-dealkylation sites (tertiary alicyclic amines) is 1. The summed E-state index contributed by atoms with van der Waals surface area (Å²) in [6.45, 7) is 12.1. The summed E-state index contributed by atoms with van der Waals surface area (Å²) in [5, 5.41) is 0. The molecule has 36 heavy (non-hydrogen) atoms. The second-order valence-corrected chi connectivity index (χ2v) is 11.1. The maximum Gasteiger partial charge on any atom is 0.410 e. The number of anilines is 2. The fraction of sp³-hybridized carbons (Fsp3) is 0.741. The van der Waals surface area contributed by atoms with Gasteiger partial charge in [-0.05, 0) is 70.4 Å². The standard InChI is InChI=1S/C27H42N4O5/c1-27(2,3)36-26(33)30-10-6-22(7-11-30)20-31(25(32)18-21-8-14-34-15-9-21)23-4-5-24(28-19-23)29-12-16-35-17-13-29/h4-5,19,21-22H,6-18,20H2,1-3H3. The van der Waals surface area contributed by atoms with Gasteiger partial charge in [0.2, 0.25) is 5.91 Å². The lowest BCUT2D eigenvalue weighted by atomic mass is 9.93. The average Bonchev–Trinajstić information content (AvgIpc) is 2.88. The molecule has 4 rings (SSSR count). The summed E-state index contributed by atoms with van der Waals surface area (Å²) < 4.78 is 16.5. The molecule has 0 unspecified atom stereocenters. The van der Waals surface area contributed by atoms with Crippen molar-refractivity contribution in [2.24, 2.45) is 11.8 Å². The number of hydrogen-bond donors (Lipinski definition) is 0. The van der Waals surface area contributed by atoms with Gasteiger partial charge in [0.1, 0.15) is 11.4 Å². The van der Waals surface area contributed by atoms with E-state index in [4.69, 9.17) is 19.2 Å². The van der Waals surface area contributed by atoms with Crippen molar-refractivity contribution in [3.63, 3.8) is 0 Å². The average molecular weight is 503 g/mol. The van der Waals surface area contributed by atoms with Crippen LogP contribution in [0.25, 0.3) is 0 Å². The topological polar surface area (TPSA) is 84.4 Å². The van der Waals surface area contributed by atoms with Crippen molar-refractivity contribution in [3.8, 4) is 0 Å². The second kappa shape index (κ2) is 12.2. The third kappa shape index (κ3) is 7.56. The van der Waals surface area contributed by atoms with Crippen LogP contribution in [0.3, 0.4) is 0 Å². The van der Waals surface area contributed by atoms with Crippen LogP contribution >= 0.6 is 0 Å². The normalized spacial score (nSPS) is 20.3. The molecule has 0 bridgehead atoms. The van der Waals surface area contributed by atoms with Crippen LogP contribution in [0, 0.1) is 11.8 Å². The molecule has 3 aliphatic rings. The van der Waals surface area contributed by atoms with Gasteiger partial charge in [-0.2, -0.15) is 0 Å². The van der Waals surface area contributed by atoms with Gasteiger partial charge in [-0.1, -0.05) is 0 Å². The minimum absolute atomic E-state index is 0.150. The number of hydrogen-bond acceptors (Lipinski definition) is 7. The van der Waals surface area contributed by atoms with Crippen LogP contribution in [0.5, 0.6) is 0 Å². The van der Waals surface area contributed by atoms with Gasteiger partial charge in [0, 0.05) is 52.4 Å². The molecule has 1 aromatic rings. The predicted molar refractivity (Wildman–Crippen MR) is 138 cm³/mol. The maximum absolute atomic E-state index is 13.5. The van der Waals surface area contributed by atoms with Crippen molar-refractivity contribution < 1.29 is 23.8 Å². The number of nitrogens with zero attached hydrogens (tertiary/aromatic N) is 4. The summed E-state index contributed by atoms with van der Waals surface area (Å²) in [5.41, 5.74) is 0.348. The van der Waals surface area contributed by atoms with E-state index in [1.807, 2.05) is 44.0 Å². The zero-order valence-electron chi connectivity index (χ0n) is 22.1. The Morgan fingerprint density at radius 2 is 1.64 bits per heavy atom. The number of ether oxygens (including phenoxy) is 3. The summed E-state index contributed by atoms with van der Waals surface area (Å²) in [7, 11) is 0. The number of rotatable bonds is 6. The Morgan fingerprint density at radius 3 is 2.25 bits per heavy atom. The highest BCUT2D eigenvalue weighted by atomic mass is 16.6. The smallest absolute Gasteiger partial charge is 0.410 e. The molecule has 9 heteroatoms. The molecule has 2 amide bonds. The van der Waals surface area contributed by atoms with Crippen LogP contribution in [0.15, 0.2) is 18.3 Å². The van der Waals surface area contributed by atoms with Crippen LogP contribution in [-0.2, 0) is 19.0 Å². The Kier molecular flexibility index (Phi) is 9.06. The first-order valence-electron chi connectivity index (χ1n) is 13.4. The maximum atomic E-state index is 13.5. The number of carbonyl (C=O) groups is 2. The summed E-state index contributed by atoms with van der Waals surface area (Å²) in [5.74, 6) is 1.76. The van der Waals surface area contributed by atoms with Gasteiger partial charge in [0.05, 0.1) is 25.1 Å². The molecule has 3 saturated heterocycles. The summed E-state index contributed by atoms with van der Waals surface area (Å²) in [4.78, 5) is 36.6. The van der Waals surface area contributed by atoms with E-state index in [-0.39, 0.29) is 12.0 Å². The Labute approximate surface area is 215 Å². The Hall–Kier alpha value is -2.39. The van der Waals surface area contributed by atoms with Crippen molar-refractivity contribution in [1.82, 2.24) is 9.88 Å². The quantitative estimate of drug-likeness (QED) is 0.586. The van der Waals surface area contributed by atoms with Crippen LogP contribution in [-0.4, -0.2) is 86.6 Å². The molecule has 0 atom stereocenters. The minimum Gasteiger partial charge on any atom is -0.444 e. The summed E-state index contributed by atoms with van der Waals surface area (Å²) in [6.07, 6.45) is 5.67. The van der Waals surface area contributed by atoms with Gasteiger partial charge >= 0.3 is 6.09 Å². The van der Waals surface area contributed by atoms with E-state index in [2.05, 4.69) is 4.90 Å². The highest BCUT2D eigenvalue weighted by Gasteiger charge is 2.30. The number of piperidine rings is 1. The van der Waals surface area contributed by atoms with Gasteiger partial charge in [-0.25, -0.2) is 9.78 Å². The molecule has 200 valence electrons. The molecular weight excluding hydrogens is 460 g/mol. The van der Waals surface area contributed by atoms with Crippen molar-refractivity contribution >= 4 is 23.5 Å². The van der Waals surface area contributed by atoms with Crippen molar-refractivity contribution in [3.05, 3.63) is 18.3 Å². The van der Waals surface area contributed by atoms with Gasteiger partial charge in [0.15, 0.2) is 0 Å². The van der Waals surface area contributed by atoms with E-state index in [1.54, 1.807) is 4.90 Å². The zero-order chi connectivity index (χ0) is 25.5. The zero-order valence-corrected chi connectivity index (χ0v) is 22.1. The first-order chi connectivity index (χ1) is 17.3. The molecular formula is C27H42N4O5. The molecule has 9 nitrogen and oxygen atoms in total. The molecule has 1 aromatic heterocycles. The third-order valence-corrected chi connectivity index (χ3v) is 7.19. The first kappa shape index (κ1) is 26.7. The number of amides is 2. The number of carbonyl (C=O) groups excluding carboxylic acids is 2. The Balaban J connectivity index is 1.41. The number of aromatic nitrogens is 1. The highest BCUT2D eigenvalue weighted by Crippen LogP contribution is 2.27. The number of morpholine rings is 1.